The Labute approximate surface area is 225 Å². The fraction of sp³-hybridized carbons (Fsp3) is 0.111. The van der Waals surface area contributed by atoms with Gasteiger partial charge in [-0.2, -0.15) is 0 Å². The van der Waals surface area contributed by atoms with Gasteiger partial charge >= 0.3 is 0 Å². The van der Waals surface area contributed by atoms with Crippen LogP contribution in [0, 0.1) is 5.41 Å². The lowest BCUT2D eigenvalue weighted by atomic mass is 10.0. The van der Waals surface area contributed by atoms with E-state index in [9.17, 15) is 9.59 Å². The van der Waals surface area contributed by atoms with Crippen molar-refractivity contribution in [1.82, 2.24) is 15.8 Å². The van der Waals surface area contributed by atoms with Crippen LogP contribution in [0.15, 0.2) is 86.2 Å². The van der Waals surface area contributed by atoms with E-state index in [1.807, 2.05) is 0 Å². The van der Waals surface area contributed by atoms with Crippen LogP contribution >= 0.6 is 11.6 Å². The molecule has 0 saturated heterocycles. The maximum absolute atomic E-state index is 13.3. The van der Waals surface area contributed by atoms with E-state index in [0.29, 0.717) is 28.3 Å². The van der Waals surface area contributed by atoms with Gasteiger partial charge in [0.1, 0.15) is 25.1 Å². The second kappa shape index (κ2) is 13.5. The van der Waals surface area contributed by atoms with Crippen LogP contribution < -0.4 is 31.4 Å². The molecule has 3 rings (SSSR count). The van der Waals surface area contributed by atoms with Crippen molar-refractivity contribution < 1.29 is 19.1 Å². The van der Waals surface area contributed by atoms with Gasteiger partial charge in [-0.3, -0.25) is 30.8 Å². The molecule has 3 aromatic rings. The van der Waals surface area contributed by atoms with E-state index in [4.69, 9.17) is 32.2 Å². The first kappa shape index (κ1) is 27.8. The summed E-state index contributed by atoms with van der Waals surface area (Å²) in [6.07, 6.45) is 5.93. The summed E-state index contributed by atoms with van der Waals surface area (Å²) in [4.78, 5) is 29.7. The van der Waals surface area contributed by atoms with Gasteiger partial charge in [0.05, 0.1) is 10.6 Å². The smallest absolute Gasteiger partial charge is 0.271 e. The van der Waals surface area contributed by atoms with E-state index >= 15 is 0 Å². The van der Waals surface area contributed by atoms with Gasteiger partial charge in [0, 0.05) is 23.6 Å². The first-order valence-electron chi connectivity index (χ1n) is 11.4. The highest BCUT2D eigenvalue weighted by Crippen LogP contribution is 2.32. The van der Waals surface area contributed by atoms with Crippen LogP contribution in [-0.4, -0.2) is 35.8 Å². The zero-order valence-corrected chi connectivity index (χ0v) is 21.1. The molecule has 1 unspecified atom stereocenters. The number of halogens is 1. The molecule has 1 aromatic heterocycles. The van der Waals surface area contributed by atoms with Crippen molar-refractivity contribution in [1.29, 1.82) is 5.41 Å². The molecule has 1 atom stereocenters. The van der Waals surface area contributed by atoms with Crippen LogP contribution in [0.2, 0.25) is 5.02 Å². The predicted octanol–water partition coefficient (Wildman–Crippen LogP) is 3.76. The van der Waals surface area contributed by atoms with Gasteiger partial charge in [0.2, 0.25) is 0 Å². The number of carbonyl (C=O) groups excluding carboxylic acids is 2. The molecule has 11 heteroatoms. The van der Waals surface area contributed by atoms with Crippen molar-refractivity contribution in [3.8, 4) is 11.5 Å². The molecule has 38 heavy (non-hydrogen) atoms. The third-order valence-corrected chi connectivity index (χ3v) is 5.40. The molecule has 0 spiro atoms. The van der Waals surface area contributed by atoms with Gasteiger partial charge in [0.25, 0.3) is 11.8 Å². The van der Waals surface area contributed by atoms with Crippen LogP contribution in [-0.2, 0) is 4.79 Å². The fourth-order valence-corrected chi connectivity index (χ4v) is 3.47. The summed E-state index contributed by atoms with van der Waals surface area (Å²) in [7, 11) is 0. The summed E-state index contributed by atoms with van der Waals surface area (Å²) in [5.41, 5.74) is 12.1. The molecule has 0 radical (unpaired) electrons. The largest absolute Gasteiger partial charge is 0.486 e. The average molecular weight is 535 g/mol. The average Bonchev–Trinajstić information content (AvgIpc) is 2.93. The standard InChI is InChI=1S/C27H27ClN6O4/c1-3-13-37-22-10-7-18(15-23(22)38-14-4-2)24(32-19-8-5-17(6-9-19)25(29)30)27(36)34-33-26(35)20-11-12-31-16-21(20)28/h3-12,15-16,24,32H,1-2,13-14H2,(H3,29,30)(H,33,35)(H,34,36). The summed E-state index contributed by atoms with van der Waals surface area (Å²) in [5, 5.41) is 10.9. The number of amides is 2. The number of amidine groups is 1. The first-order valence-corrected chi connectivity index (χ1v) is 11.7. The Balaban J connectivity index is 1.90. The number of nitrogen functional groups attached to an aromatic ring is 1. The maximum Gasteiger partial charge on any atom is 0.271 e. The first-order chi connectivity index (χ1) is 18.3. The Kier molecular flexibility index (Phi) is 9.84. The number of carbonyl (C=O) groups is 2. The minimum Gasteiger partial charge on any atom is -0.486 e. The molecular weight excluding hydrogens is 508 g/mol. The zero-order chi connectivity index (χ0) is 27.5. The van der Waals surface area contributed by atoms with Crippen LogP contribution in [0.4, 0.5) is 5.69 Å². The van der Waals surface area contributed by atoms with E-state index in [1.165, 1.54) is 18.5 Å². The number of hydrogen-bond donors (Lipinski definition) is 5. The van der Waals surface area contributed by atoms with E-state index in [2.05, 4.69) is 34.3 Å². The number of hydrazine groups is 1. The number of rotatable bonds is 12. The fourth-order valence-electron chi connectivity index (χ4n) is 3.26. The van der Waals surface area contributed by atoms with Crippen molar-refractivity contribution in [2.45, 2.75) is 6.04 Å². The second-order valence-corrected chi connectivity index (χ2v) is 8.18. The molecule has 2 amide bonds. The van der Waals surface area contributed by atoms with E-state index < -0.39 is 17.9 Å². The van der Waals surface area contributed by atoms with Gasteiger partial charge in [-0.15, -0.1) is 0 Å². The van der Waals surface area contributed by atoms with Crippen LogP contribution in [0.5, 0.6) is 11.5 Å². The van der Waals surface area contributed by atoms with Gasteiger partial charge in [-0.1, -0.05) is 43.0 Å². The van der Waals surface area contributed by atoms with Gasteiger partial charge in [-0.25, -0.2) is 0 Å². The highest BCUT2D eigenvalue weighted by molar-refractivity contribution is 6.33. The summed E-state index contributed by atoms with van der Waals surface area (Å²) in [6.45, 7) is 7.79. The SMILES string of the molecule is C=CCOc1ccc(C(Nc2ccc(C(=N)N)cc2)C(=O)NNC(=O)c2ccncc2Cl)cc1OCC=C. The number of nitrogens with one attached hydrogen (secondary N) is 4. The number of nitrogens with zero attached hydrogens (tertiary/aromatic N) is 1. The molecule has 0 aliphatic carbocycles. The minimum atomic E-state index is -0.981. The molecule has 10 nitrogen and oxygen atoms in total. The molecule has 1 heterocycles. The Bertz CT molecular complexity index is 1330. The summed E-state index contributed by atoms with van der Waals surface area (Å²) in [6, 6.07) is 12.1. The van der Waals surface area contributed by atoms with Crippen LogP contribution in [0.3, 0.4) is 0 Å². The molecule has 0 aliphatic rings. The number of aromatic nitrogens is 1. The number of hydrogen-bond acceptors (Lipinski definition) is 7. The van der Waals surface area contributed by atoms with Gasteiger partial charge in [0.15, 0.2) is 11.5 Å². The third-order valence-electron chi connectivity index (χ3n) is 5.10. The Morgan fingerprint density at radius 3 is 2.34 bits per heavy atom. The van der Waals surface area contributed by atoms with Crippen molar-refractivity contribution in [3.05, 3.63) is 108 Å². The summed E-state index contributed by atoms with van der Waals surface area (Å²) < 4.78 is 11.4. The monoisotopic (exact) mass is 534 g/mol. The highest BCUT2D eigenvalue weighted by Gasteiger charge is 2.24. The normalized spacial score (nSPS) is 11.0. The number of pyridine rings is 1. The molecule has 6 N–H and O–H groups in total. The second-order valence-electron chi connectivity index (χ2n) is 7.77. The van der Waals surface area contributed by atoms with E-state index in [0.717, 1.165) is 0 Å². The predicted molar refractivity (Wildman–Crippen MR) is 147 cm³/mol. The van der Waals surface area contributed by atoms with Gasteiger partial charge in [-0.05, 0) is 48.0 Å². The number of ether oxygens (including phenoxy) is 2. The lowest BCUT2D eigenvalue weighted by molar-refractivity contribution is -0.122. The number of nitrogens with two attached hydrogens (primary N) is 1. The van der Waals surface area contributed by atoms with Gasteiger partial charge < -0.3 is 20.5 Å². The van der Waals surface area contributed by atoms with Crippen molar-refractivity contribution >= 4 is 34.9 Å². The molecule has 2 aromatic carbocycles. The lowest BCUT2D eigenvalue weighted by Crippen LogP contribution is -2.45. The molecule has 0 bridgehead atoms. The topological polar surface area (TPSA) is 151 Å². The highest BCUT2D eigenvalue weighted by atomic mass is 35.5. The van der Waals surface area contributed by atoms with Crippen LogP contribution in [0.25, 0.3) is 0 Å². The van der Waals surface area contributed by atoms with Crippen molar-refractivity contribution in [2.24, 2.45) is 5.73 Å². The number of benzene rings is 2. The molecule has 0 aliphatic heterocycles. The van der Waals surface area contributed by atoms with E-state index in [1.54, 1.807) is 54.6 Å². The quantitative estimate of drug-likeness (QED) is 0.103. The van der Waals surface area contributed by atoms with Crippen LogP contribution in [0.1, 0.15) is 27.5 Å². The third kappa shape index (κ3) is 7.34. The molecule has 0 fully saturated rings. The molecule has 196 valence electrons. The minimum absolute atomic E-state index is 0.0811. The van der Waals surface area contributed by atoms with E-state index in [-0.39, 0.29) is 29.6 Å². The maximum atomic E-state index is 13.3. The number of anilines is 1. The summed E-state index contributed by atoms with van der Waals surface area (Å²) >= 11 is 6.03. The molecular formula is C27H27ClN6O4. The van der Waals surface area contributed by atoms with Crippen molar-refractivity contribution in [2.75, 3.05) is 18.5 Å². The Morgan fingerprint density at radius 2 is 1.71 bits per heavy atom. The Hall–Kier alpha value is -4.83. The van der Waals surface area contributed by atoms with Crippen molar-refractivity contribution in [3.63, 3.8) is 0 Å². The zero-order valence-electron chi connectivity index (χ0n) is 20.4. The Morgan fingerprint density at radius 1 is 1.03 bits per heavy atom. The summed E-state index contributed by atoms with van der Waals surface area (Å²) in [5.74, 6) is -0.418. The lowest BCUT2D eigenvalue weighted by Gasteiger charge is -2.22. The molecule has 0 saturated carbocycles.